The van der Waals surface area contributed by atoms with Gasteiger partial charge in [0.25, 0.3) is 0 Å². The van der Waals surface area contributed by atoms with Crippen LogP contribution in [0.5, 0.6) is 0 Å². The molecule has 3 heteroatoms. The lowest BCUT2D eigenvalue weighted by Gasteiger charge is -2.36. The molecule has 1 aliphatic carbocycles. The highest BCUT2D eigenvalue weighted by molar-refractivity contribution is 6.30. The van der Waals surface area contributed by atoms with Crippen LogP contribution in [0.1, 0.15) is 51.5 Å². The Labute approximate surface area is 133 Å². The molecular formula is C18H28ClNO. The average Bonchev–Trinajstić information content (AvgIpc) is 2.49. The SMILES string of the molecule is CCC1CCC(O)(CNC(C)Cc2ccc(Cl)cc2)CC1. The number of rotatable bonds is 6. The number of hydrogen-bond donors (Lipinski definition) is 2. The number of hydrogen-bond acceptors (Lipinski definition) is 2. The molecule has 1 unspecified atom stereocenters. The lowest BCUT2D eigenvalue weighted by Crippen LogP contribution is -2.46. The Balaban J connectivity index is 1.75. The second kappa shape index (κ2) is 7.62. The summed E-state index contributed by atoms with van der Waals surface area (Å²) in [7, 11) is 0. The zero-order valence-electron chi connectivity index (χ0n) is 13.2. The highest BCUT2D eigenvalue weighted by atomic mass is 35.5. The monoisotopic (exact) mass is 309 g/mol. The van der Waals surface area contributed by atoms with Crippen molar-refractivity contribution in [1.29, 1.82) is 0 Å². The van der Waals surface area contributed by atoms with E-state index < -0.39 is 5.60 Å². The van der Waals surface area contributed by atoms with Crippen molar-refractivity contribution in [3.05, 3.63) is 34.9 Å². The first-order valence-corrected chi connectivity index (χ1v) is 8.59. The van der Waals surface area contributed by atoms with Gasteiger partial charge in [0, 0.05) is 17.6 Å². The van der Waals surface area contributed by atoms with Crippen molar-refractivity contribution in [1.82, 2.24) is 5.32 Å². The quantitative estimate of drug-likeness (QED) is 0.825. The fraction of sp³-hybridized carbons (Fsp3) is 0.667. The summed E-state index contributed by atoms with van der Waals surface area (Å²) < 4.78 is 0. The minimum Gasteiger partial charge on any atom is -0.389 e. The third-order valence-corrected chi connectivity index (χ3v) is 5.10. The van der Waals surface area contributed by atoms with Gasteiger partial charge in [-0.25, -0.2) is 0 Å². The second-order valence-corrected chi connectivity index (χ2v) is 7.12. The predicted molar refractivity (Wildman–Crippen MR) is 89.8 cm³/mol. The third kappa shape index (κ3) is 5.28. The Bertz CT molecular complexity index is 423. The Morgan fingerprint density at radius 3 is 2.48 bits per heavy atom. The second-order valence-electron chi connectivity index (χ2n) is 6.69. The molecule has 0 heterocycles. The van der Waals surface area contributed by atoms with Crippen LogP contribution < -0.4 is 5.32 Å². The molecule has 118 valence electrons. The van der Waals surface area contributed by atoms with Gasteiger partial charge in [0.05, 0.1) is 5.60 Å². The average molecular weight is 310 g/mol. The maximum Gasteiger partial charge on any atom is 0.0771 e. The zero-order chi connectivity index (χ0) is 15.3. The summed E-state index contributed by atoms with van der Waals surface area (Å²) in [5, 5.41) is 14.9. The molecule has 2 rings (SSSR count). The molecule has 0 bridgehead atoms. The fourth-order valence-electron chi connectivity index (χ4n) is 3.21. The van der Waals surface area contributed by atoms with Gasteiger partial charge in [-0.2, -0.15) is 0 Å². The summed E-state index contributed by atoms with van der Waals surface area (Å²) in [4.78, 5) is 0. The van der Waals surface area contributed by atoms with E-state index in [1.165, 1.54) is 24.8 Å². The normalized spacial score (nSPS) is 27.5. The van der Waals surface area contributed by atoms with Crippen molar-refractivity contribution in [2.75, 3.05) is 6.54 Å². The van der Waals surface area contributed by atoms with Crippen LogP contribution in [0.4, 0.5) is 0 Å². The van der Waals surface area contributed by atoms with Gasteiger partial charge >= 0.3 is 0 Å². The highest BCUT2D eigenvalue weighted by Crippen LogP contribution is 2.33. The summed E-state index contributed by atoms with van der Waals surface area (Å²) in [6, 6.07) is 8.37. The van der Waals surface area contributed by atoms with Crippen molar-refractivity contribution in [3.8, 4) is 0 Å². The first-order valence-electron chi connectivity index (χ1n) is 8.21. The molecule has 1 aromatic rings. The largest absolute Gasteiger partial charge is 0.389 e. The van der Waals surface area contributed by atoms with Crippen molar-refractivity contribution >= 4 is 11.6 Å². The minimum atomic E-state index is -0.500. The molecule has 1 fully saturated rings. The van der Waals surface area contributed by atoms with E-state index in [9.17, 15) is 5.11 Å². The van der Waals surface area contributed by atoms with Crippen LogP contribution in [0.3, 0.4) is 0 Å². The van der Waals surface area contributed by atoms with Crippen LogP contribution >= 0.6 is 11.6 Å². The summed E-state index contributed by atoms with van der Waals surface area (Å²) in [6.07, 6.45) is 6.42. The number of halogens is 1. The highest BCUT2D eigenvalue weighted by Gasteiger charge is 2.32. The van der Waals surface area contributed by atoms with Crippen molar-refractivity contribution in [2.24, 2.45) is 5.92 Å². The van der Waals surface area contributed by atoms with Gasteiger partial charge in [-0.05, 0) is 62.6 Å². The number of benzene rings is 1. The molecule has 2 nitrogen and oxygen atoms in total. The molecule has 0 saturated heterocycles. The summed E-state index contributed by atoms with van der Waals surface area (Å²) in [5.41, 5.74) is 0.779. The van der Waals surface area contributed by atoms with Crippen LogP contribution in [0.15, 0.2) is 24.3 Å². The molecule has 21 heavy (non-hydrogen) atoms. The molecule has 2 N–H and O–H groups in total. The van der Waals surface area contributed by atoms with E-state index in [4.69, 9.17) is 11.6 Å². The molecule has 0 radical (unpaired) electrons. The van der Waals surface area contributed by atoms with Gasteiger partial charge < -0.3 is 10.4 Å². The van der Waals surface area contributed by atoms with Gasteiger partial charge in [0.1, 0.15) is 0 Å². The Kier molecular flexibility index (Phi) is 6.09. The van der Waals surface area contributed by atoms with Crippen LogP contribution in [0.25, 0.3) is 0 Å². The maximum atomic E-state index is 10.7. The minimum absolute atomic E-state index is 0.360. The molecule has 1 saturated carbocycles. The van der Waals surface area contributed by atoms with Crippen LogP contribution in [0.2, 0.25) is 5.02 Å². The van der Waals surface area contributed by atoms with Gasteiger partial charge in [0.15, 0.2) is 0 Å². The number of nitrogens with one attached hydrogen (secondary N) is 1. The predicted octanol–water partition coefficient (Wildman–Crippen LogP) is 4.19. The van der Waals surface area contributed by atoms with Crippen LogP contribution in [-0.4, -0.2) is 23.3 Å². The molecule has 0 aliphatic heterocycles. The van der Waals surface area contributed by atoms with E-state index in [0.717, 1.165) is 30.2 Å². The molecule has 1 atom stereocenters. The smallest absolute Gasteiger partial charge is 0.0771 e. The molecule has 1 aromatic carbocycles. The van der Waals surface area contributed by atoms with Gasteiger partial charge in [-0.1, -0.05) is 37.1 Å². The summed E-state index contributed by atoms with van der Waals surface area (Å²) in [5.74, 6) is 0.816. The van der Waals surface area contributed by atoms with Gasteiger partial charge in [0.2, 0.25) is 0 Å². The van der Waals surface area contributed by atoms with E-state index in [1.807, 2.05) is 12.1 Å². The topological polar surface area (TPSA) is 32.3 Å². The molecule has 0 aromatic heterocycles. The maximum absolute atomic E-state index is 10.7. The van der Waals surface area contributed by atoms with E-state index in [0.29, 0.717) is 12.6 Å². The Hall–Kier alpha value is -0.570. The van der Waals surface area contributed by atoms with Crippen molar-refractivity contribution in [2.45, 2.75) is 64.0 Å². The molecule has 1 aliphatic rings. The molecular weight excluding hydrogens is 282 g/mol. The molecule has 0 amide bonds. The Morgan fingerprint density at radius 2 is 1.90 bits per heavy atom. The first-order chi connectivity index (χ1) is 10.0. The standard InChI is InChI=1S/C18H28ClNO/c1-3-15-8-10-18(21,11-9-15)13-20-14(2)12-16-4-6-17(19)7-5-16/h4-7,14-15,20-21H,3,8-13H2,1-2H3. The van der Waals surface area contributed by atoms with Crippen molar-refractivity contribution in [3.63, 3.8) is 0 Å². The Morgan fingerprint density at radius 1 is 1.29 bits per heavy atom. The van der Waals surface area contributed by atoms with E-state index >= 15 is 0 Å². The van der Waals surface area contributed by atoms with Crippen LogP contribution in [0, 0.1) is 5.92 Å². The number of aliphatic hydroxyl groups is 1. The summed E-state index contributed by atoms with van der Waals surface area (Å²) >= 11 is 5.90. The molecule has 0 spiro atoms. The first kappa shape index (κ1) is 16.8. The van der Waals surface area contributed by atoms with E-state index in [-0.39, 0.29) is 0 Å². The van der Waals surface area contributed by atoms with Gasteiger partial charge in [-0.15, -0.1) is 0 Å². The third-order valence-electron chi connectivity index (χ3n) is 4.85. The van der Waals surface area contributed by atoms with Gasteiger partial charge in [-0.3, -0.25) is 0 Å². The lowest BCUT2D eigenvalue weighted by atomic mass is 9.78. The fourth-order valence-corrected chi connectivity index (χ4v) is 3.34. The zero-order valence-corrected chi connectivity index (χ0v) is 14.0. The van der Waals surface area contributed by atoms with Crippen molar-refractivity contribution < 1.29 is 5.11 Å². The van der Waals surface area contributed by atoms with E-state index in [2.05, 4.69) is 31.3 Å². The van der Waals surface area contributed by atoms with Crippen LogP contribution in [-0.2, 0) is 6.42 Å². The summed E-state index contributed by atoms with van der Waals surface area (Å²) in [6.45, 7) is 5.13. The van der Waals surface area contributed by atoms with E-state index in [1.54, 1.807) is 0 Å². The lowest BCUT2D eigenvalue weighted by molar-refractivity contribution is -0.0102.